The van der Waals surface area contributed by atoms with Crippen molar-refractivity contribution in [3.8, 4) is 0 Å². The van der Waals surface area contributed by atoms with Crippen LogP contribution in [0.15, 0.2) is 0 Å². The molecule has 0 aromatic carbocycles. The summed E-state index contributed by atoms with van der Waals surface area (Å²) in [4.78, 5) is 0. The Labute approximate surface area is 100 Å². The maximum absolute atomic E-state index is 9.03. The summed E-state index contributed by atoms with van der Waals surface area (Å²) in [6.07, 6.45) is 11.7. The zero-order valence-corrected chi connectivity index (χ0v) is 10.8. The highest BCUT2D eigenvalue weighted by molar-refractivity contribution is 4.72. The van der Waals surface area contributed by atoms with Gasteiger partial charge in [0.25, 0.3) is 0 Å². The number of aliphatic hydroxyl groups is 1. The van der Waals surface area contributed by atoms with E-state index in [1.54, 1.807) is 0 Å². The molecule has 2 nitrogen and oxygen atoms in total. The fourth-order valence-electron chi connectivity index (χ4n) is 2.44. The molecule has 0 radical (unpaired) electrons. The molecule has 0 heterocycles. The molecule has 0 aromatic rings. The van der Waals surface area contributed by atoms with Crippen molar-refractivity contribution in [2.24, 2.45) is 5.92 Å². The molecule has 0 unspecified atom stereocenters. The second-order valence-corrected chi connectivity index (χ2v) is 5.11. The Hall–Kier alpha value is -0.0800. The van der Waals surface area contributed by atoms with Crippen molar-refractivity contribution in [2.45, 2.75) is 70.8 Å². The predicted octanol–water partition coefficient (Wildman–Crippen LogP) is 3.52. The average molecular weight is 228 g/mol. The SMILES string of the molecule is CCCCCCCOC1CCC(CO)CC1. The van der Waals surface area contributed by atoms with Gasteiger partial charge in [0.15, 0.2) is 0 Å². The van der Waals surface area contributed by atoms with Crippen LogP contribution in [-0.4, -0.2) is 24.4 Å². The lowest BCUT2D eigenvalue weighted by Crippen LogP contribution is -2.23. The maximum atomic E-state index is 9.03. The molecule has 2 heteroatoms. The maximum Gasteiger partial charge on any atom is 0.0575 e. The van der Waals surface area contributed by atoms with Crippen molar-refractivity contribution >= 4 is 0 Å². The fourth-order valence-corrected chi connectivity index (χ4v) is 2.44. The monoisotopic (exact) mass is 228 g/mol. The largest absolute Gasteiger partial charge is 0.396 e. The van der Waals surface area contributed by atoms with Crippen LogP contribution in [0.3, 0.4) is 0 Å². The molecule has 1 aliphatic rings. The van der Waals surface area contributed by atoms with Crippen molar-refractivity contribution in [3.05, 3.63) is 0 Å². The average Bonchev–Trinajstić information content (AvgIpc) is 2.34. The molecule has 0 spiro atoms. The second kappa shape index (κ2) is 9.00. The van der Waals surface area contributed by atoms with Crippen LogP contribution >= 0.6 is 0 Å². The minimum atomic E-state index is 0.365. The van der Waals surface area contributed by atoms with E-state index in [1.807, 2.05) is 0 Å². The normalized spacial score (nSPS) is 25.9. The summed E-state index contributed by atoms with van der Waals surface area (Å²) in [5.41, 5.74) is 0. The predicted molar refractivity (Wildman–Crippen MR) is 67.5 cm³/mol. The molecule has 0 aliphatic heterocycles. The lowest BCUT2D eigenvalue weighted by Gasteiger charge is -2.27. The molecule has 0 bridgehead atoms. The van der Waals surface area contributed by atoms with Gasteiger partial charge in [0.2, 0.25) is 0 Å². The molecule has 0 saturated heterocycles. The fraction of sp³-hybridized carbons (Fsp3) is 1.00. The first-order valence-corrected chi connectivity index (χ1v) is 7.09. The number of unbranched alkanes of at least 4 members (excludes halogenated alkanes) is 4. The molecule has 1 fully saturated rings. The van der Waals surface area contributed by atoms with E-state index in [0.717, 1.165) is 32.3 Å². The van der Waals surface area contributed by atoms with Crippen molar-refractivity contribution in [1.82, 2.24) is 0 Å². The first kappa shape index (κ1) is 14.0. The summed E-state index contributed by atoms with van der Waals surface area (Å²) in [6, 6.07) is 0. The van der Waals surface area contributed by atoms with Gasteiger partial charge in [-0.1, -0.05) is 32.6 Å². The third-order valence-electron chi connectivity index (χ3n) is 3.65. The van der Waals surface area contributed by atoms with Gasteiger partial charge < -0.3 is 9.84 Å². The molecule has 96 valence electrons. The van der Waals surface area contributed by atoms with Crippen LogP contribution in [0.5, 0.6) is 0 Å². The van der Waals surface area contributed by atoms with Gasteiger partial charge in [-0.25, -0.2) is 0 Å². The molecular weight excluding hydrogens is 200 g/mol. The van der Waals surface area contributed by atoms with Gasteiger partial charge in [0, 0.05) is 13.2 Å². The van der Waals surface area contributed by atoms with Crippen molar-refractivity contribution < 1.29 is 9.84 Å². The highest BCUT2D eigenvalue weighted by Gasteiger charge is 2.20. The molecular formula is C14H28O2. The zero-order valence-electron chi connectivity index (χ0n) is 10.8. The smallest absolute Gasteiger partial charge is 0.0575 e. The van der Waals surface area contributed by atoms with Gasteiger partial charge in [-0.2, -0.15) is 0 Å². The van der Waals surface area contributed by atoms with Crippen LogP contribution in [-0.2, 0) is 4.74 Å². The number of hydrogen-bond acceptors (Lipinski definition) is 2. The number of hydrogen-bond donors (Lipinski definition) is 1. The molecule has 0 atom stereocenters. The third kappa shape index (κ3) is 5.86. The molecule has 0 amide bonds. The van der Waals surface area contributed by atoms with Gasteiger partial charge in [-0.3, -0.25) is 0 Å². The van der Waals surface area contributed by atoms with E-state index in [1.165, 1.54) is 32.1 Å². The van der Waals surface area contributed by atoms with E-state index in [4.69, 9.17) is 9.84 Å². The van der Waals surface area contributed by atoms with Crippen LogP contribution < -0.4 is 0 Å². The molecule has 1 N–H and O–H groups in total. The minimum absolute atomic E-state index is 0.365. The lowest BCUT2D eigenvalue weighted by molar-refractivity contribution is 0.00964. The van der Waals surface area contributed by atoms with Gasteiger partial charge in [0.1, 0.15) is 0 Å². The van der Waals surface area contributed by atoms with Crippen LogP contribution in [0, 0.1) is 5.92 Å². The Bertz CT molecular complexity index is 151. The van der Waals surface area contributed by atoms with Crippen LogP contribution in [0.2, 0.25) is 0 Å². The zero-order chi connectivity index (χ0) is 11.6. The van der Waals surface area contributed by atoms with Crippen molar-refractivity contribution in [3.63, 3.8) is 0 Å². The van der Waals surface area contributed by atoms with Gasteiger partial charge in [-0.15, -0.1) is 0 Å². The van der Waals surface area contributed by atoms with E-state index in [2.05, 4.69) is 6.92 Å². The van der Waals surface area contributed by atoms with E-state index < -0.39 is 0 Å². The Morgan fingerprint density at radius 3 is 2.31 bits per heavy atom. The summed E-state index contributed by atoms with van der Waals surface area (Å²) in [7, 11) is 0. The van der Waals surface area contributed by atoms with Gasteiger partial charge in [0.05, 0.1) is 6.10 Å². The van der Waals surface area contributed by atoms with Crippen molar-refractivity contribution in [2.75, 3.05) is 13.2 Å². The molecule has 0 aromatic heterocycles. The lowest BCUT2D eigenvalue weighted by atomic mass is 9.88. The van der Waals surface area contributed by atoms with Gasteiger partial charge >= 0.3 is 0 Å². The highest BCUT2D eigenvalue weighted by Crippen LogP contribution is 2.25. The first-order chi connectivity index (χ1) is 7.86. The number of rotatable bonds is 8. The second-order valence-electron chi connectivity index (χ2n) is 5.11. The van der Waals surface area contributed by atoms with E-state index in [-0.39, 0.29) is 0 Å². The van der Waals surface area contributed by atoms with E-state index >= 15 is 0 Å². The summed E-state index contributed by atoms with van der Waals surface area (Å²) in [5, 5.41) is 9.03. The standard InChI is InChI=1S/C14H28O2/c1-2-3-4-5-6-11-16-14-9-7-13(12-15)8-10-14/h13-15H,2-12H2,1H3. The third-order valence-corrected chi connectivity index (χ3v) is 3.65. The summed E-state index contributed by atoms with van der Waals surface area (Å²) >= 11 is 0. The first-order valence-electron chi connectivity index (χ1n) is 7.09. The Morgan fingerprint density at radius 2 is 1.69 bits per heavy atom. The molecule has 16 heavy (non-hydrogen) atoms. The highest BCUT2D eigenvalue weighted by atomic mass is 16.5. The summed E-state index contributed by atoms with van der Waals surface area (Å²) in [5.74, 6) is 0.546. The van der Waals surface area contributed by atoms with E-state index in [0.29, 0.717) is 18.6 Å². The van der Waals surface area contributed by atoms with Crippen LogP contribution in [0.4, 0.5) is 0 Å². The molecule has 1 aliphatic carbocycles. The van der Waals surface area contributed by atoms with Crippen LogP contribution in [0.25, 0.3) is 0 Å². The number of ether oxygens (including phenoxy) is 1. The Kier molecular flexibility index (Phi) is 7.87. The molecule has 1 saturated carbocycles. The van der Waals surface area contributed by atoms with E-state index in [9.17, 15) is 0 Å². The molecule has 1 rings (SSSR count). The number of aliphatic hydroxyl groups excluding tert-OH is 1. The minimum Gasteiger partial charge on any atom is -0.396 e. The quantitative estimate of drug-likeness (QED) is 0.644. The van der Waals surface area contributed by atoms with Crippen LogP contribution in [0.1, 0.15) is 64.7 Å². The van der Waals surface area contributed by atoms with Crippen molar-refractivity contribution in [1.29, 1.82) is 0 Å². The topological polar surface area (TPSA) is 29.5 Å². The Balaban J connectivity index is 1.90. The summed E-state index contributed by atoms with van der Waals surface area (Å²) < 4.78 is 5.87. The Morgan fingerprint density at radius 1 is 1.00 bits per heavy atom. The van der Waals surface area contributed by atoms with Gasteiger partial charge in [-0.05, 0) is 38.0 Å². The summed E-state index contributed by atoms with van der Waals surface area (Å²) in [6.45, 7) is 3.55.